The van der Waals surface area contributed by atoms with E-state index in [1.807, 2.05) is 37.7 Å². The number of allylic oxidation sites excluding steroid dienone is 3. The summed E-state index contributed by atoms with van der Waals surface area (Å²) >= 11 is 0. The van der Waals surface area contributed by atoms with E-state index in [-0.39, 0.29) is 5.41 Å². The average molecular weight is 441 g/mol. The molecule has 2 heterocycles. The standard InChI is InChI=1S/C16H27N3O.C10H13NO/c1-8-9-16(4,5)11-13-10-14(18-19(13)6)15(20-7)17-12(2)3;1-4-9-7-5-6-8(2)11-10(9)12-3/h10H,2,8-9,11H2,1,3-7H3;5-6H,4H2,1-3H3. The molecular weight excluding hydrogens is 400 g/mol. The van der Waals surface area contributed by atoms with Gasteiger partial charge in [-0.25, -0.2) is 9.98 Å². The molecule has 2 rings (SSSR count). The molecule has 0 saturated heterocycles. The molecule has 0 N–H and O–H groups in total. The van der Waals surface area contributed by atoms with Crippen molar-refractivity contribution in [2.45, 2.75) is 67.2 Å². The Hall–Kier alpha value is -2.85. The van der Waals surface area contributed by atoms with Crippen molar-refractivity contribution in [2.24, 2.45) is 22.4 Å². The van der Waals surface area contributed by atoms with Crippen LogP contribution in [-0.4, -0.2) is 35.8 Å². The number of methoxy groups -OCH3 is 2. The maximum Gasteiger partial charge on any atom is 0.241 e. The molecule has 0 aliphatic carbocycles. The lowest BCUT2D eigenvalue weighted by Crippen LogP contribution is -2.16. The number of hydrogen-bond donors (Lipinski definition) is 0. The molecule has 1 aromatic rings. The van der Waals surface area contributed by atoms with E-state index in [0.717, 1.165) is 29.8 Å². The Morgan fingerprint density at radius 1 is 1.28 bits per heavy atom. The van der Waals surface area contributed by atoms with Crippen LogP contribution in [0.5, 0.6) is 0 Å². The van der Waals surface area contributed by atoms with Crippen LogP contribution in [0, 0.1) is 5.41 Å². The monoisotopic (exact) mass is 440 g/mol. The molecule has 1 aliphatic rings. The topological polar surface area (TPSA) is 61.0 Å². The van der Waals surface area contributed by atoms with Gasteiger partial charge in [0.05, 0.1) is 19.8 Å². The predicted molar refractivity (Wildman–Crippen MR) is 134 cm³/mol. The molecule has 176 valence electrons. The summed E-state index contributed by atoms with van der Waals surface area (Å²) in [6.07, 6.45) is 8.08. The summed E-state index contributed by atoms with van der Waals surface area (Å²) in [5, 5.41) is 4.50. The third-order valence-electron chi connectivity index (χ3n) is 4.93. The number of aliphatic imine (C=N–C) groups is 2. The zero-order valence-corrected chi connectivity index (χ0v) is 21.4. The van der Waals surface area contributed by atoms with Crippen molar-refractivity contribution in [3.05, 3.63) is 58.9 Å². The van der Waals surface area contributed by atoms with Crippen molar-refractivity contribution < 1.29 is 9.47 Å². The van der Waals surface area contributed by atoms with E-state index < -0.39 is 0 Å². The molecule has 0 amide bonds. The van der Waals surface area contributed by atoms with Gasteiger partial charge in [-0.3, -0.25) is 4.68 Å². The number of nitrogens with zero attached hydrogens (tertiary/aromatic N) is 4. The molecule has 0 radical (unpaired) electrons. The zero-order valence-electron chi connectivity index (χ0n) is 21.4. The molecular formula is C26H40N4O2. The van der Waals surface area contributed by atoms with Gasteiger partial charge in [-0.1, -0.05) is 40.7 Å². The lowest BCUT2D eigenvalue weighted by Gasteiger charge is -2.23. The Labute approximate surface area is 194 Å². The molecule has 1 aliphatic heterocycles. The van der Waals surface area contributed by atoms with Crippen molar-refractivity contribution in [3.63, 3.8) is 0 Å². The van der Waals surface area contributed by atoms with Crippen molar-refractivity contribution >= 4 is 11.8 Å². The van der Waals surface area contributed by atoms with Crippen molar-refractivity contribution in [2.75, 3.05) is 14.2 Å². The fraction of sp³-hybridized carbons (Fsp3) is 0.538. The quantitative estimate of drug-likeness (QED) is 0.290. The van der Waals surface area contributed by atoms with Gasteiger partial charge in [-0.15, -0.1) is 5.73 Å². The second kappa shape index (κ2) is 12.9. The molecule has 0 saturated carbocycles. The Morgan fingerprint density at radius 3 is 2.50 bits per heavy atom. The highest BCUT2D eigenvalue weighted by Gasteiger charge is 2.21. The molecule has 1 aromatic heterocycles. The van der Waals surface area contributed by atoms with E-state index in [0.29, 0.717) is 17.5 Å². The first-order valence-electron chi connectivity index (χ1n) is 11.1. The predicted octanol–water partition coefficient (Wildman–Crippen LogP) is 6.16. The van der Waals surface area contributed by atoms with E-state index in [1.165, 1.54) is 18.5 Å². The number of ether oxygens (including phenoxy) is 2. The number of rotatable bonds is 7. The molecule has 0 aromatic carbocycles. The number of hydrogen-bond acceptors (Lipinski definition) is 5. The smallest absolute Gasteiger partial charge is 0.241 e. The summed E-state index contributed by atoms with van der Waals surface area (Å²) in [4.78, 5) is 8.55. The van der Waals surface area contributed by atoms with E-state index in [2.05, 4.69) is 61.2 Å². The van der Waals surface area contributed by atoms with Gasteiger partial charge in [0.25, 0.3) is 0 Å². The van der Waals surface area contributed by atoms with E-state index in [1.54, 1.807) is 14.2 Å². The van der Waals surface area contributed by atoms with Gasteiger partial charge >= 0.3 is 0 Å². The average Bonchev–Trinajstić information content (AvgIpc) is 2.95. The first-order chi connectivity index (χ1) is 15.1. The molecule has 0 spiro atoms. The van der Waals surface area contributed by atoms with Crippen LogP contribution in [-0.2, 0) is 22.9 Å². The molecule has 6 heteroatoms. The van der Waals surface area contributed by atoms with Gasteiger partial charge in [0, 0.05) is 24.1 Å². The molecule has 0 bridgehead atoms. The minimum Gasteiger partial charge on any atom is -0.480 e. The Bertz CT molecular complexity index is 939. The van der Waals surface area contributed by atoms with Gasteiger partial charge in [-0.05, 0) is 56.7 Å². The first kappa shape index (κ1) is 27.2. The lowest BCUT2D eigenvalue weighted by atomic mass is 9.83. The summed E-state index contributed by atoms with van der Waals surface area (Å²) in [5.41, 5.74) is 8.04. The van der Waals surface area contributed by atoms with E-state index in [9.17, 15) is 0 Å². The summed E-state index contributed by atoms with van der Waals surface area (Å²) in [7, 11) is 5.21. The zero-order chi connectivity index (χ0) is 24.3. The third-order valence-corrected chi connectivity index (χ3v) is 4.93. The maximum absolute atomic E-state index is 5.31. The van der Waals surface area contributed by atoms with Crippen molar-refractivity contribution in [3.8, 4) is 0 Å². The second-order valence-electron chi connectivity index (χ2n) is 8.66. The van der Waals surface area contributed by atoms with Gasteiger partial charge in [0.1, 0.15) is 5.69 Å². The minimum atomic E-state index is 0.276. The number of aryl methyl sites for hydroxylation is 1. The largest absolute Gasteiger partial charge is 0.480 e. The SMILES string of the molecule is C=C(C)N=C(OC)c1cc(CC(C)(C)CCC)n(C)n1.CCC1=C=CC=C(C)N=C1OC. The Morgan fingerprint density at radius 2 is 1.97 bits per heavy atom. The van der Waals surface area contributed by atoms with Gasteiger partial charge in [0.2, 0.25) is 11.8 Å². The summed E-state index contributed by atoms with van der Waals surface area (Å²) < 4.78 is 12.4. The maximum atomic E-state index is 5.31. The third kappa shape index (κ3) is 8.72. The molecule has 0 fully saturated rings. The fourth-order valence-corrected chi connectivity index (χ4v) is 3.42. The van der Waals surface area contributed by atoms with Crippen molar-refractivity contribution in [1.82, 2.24) is 9.78 Å². The van der Waals surface area contributed by atoms with Crippen molar-refractivity contribution in [1.29, 1.82) is 0 Å². The van der Waals surface area contributed by atoms with Crippen LogP contribution in [0.1, 0.15) is 72.2 Å². The van der Waals surface area contributed by atoms with Crippen LogP contribution in [0.25, 0.3) is 0 Å². The second-order valence-corrected chi connectivity index (χ2v) is 8.66. The Balaban J connectivity index is 0.000000363. The van der Waals surface area contributed by atoms with Crippen LogP contribution >= 0.6 is 0 Å². The number of aromatic nitrogens is 2. The van der Waals surface area contributed by atoms with Crippen LogP contribution in [0.15, 0.2) is 57.5 Å². The van der Waals surface area contributed by atoms with E-state index in [4.69, 9.17) is 9.47 Å². The Kier molecular flexibility index (Phi) is 10.9. The summed E-state index contributed by atoms with van der Waals surface area (Å²) in [6, 6.07) is 2.06. The highest BCUT2D eigenvalue weighted by molar-refractivity contribution is 5.94. The summed E-state index contributed by atoms with van der Waals surface area (Å²) in [6.45, 7) is 16.4. The molecule has 6 nitrogen and oxygen atoms in total. The minimum absolute atomic E-state index is 0.276. The van der Waals surface area contributed by atoms with Gasteiger partial charge in [-0.2, -0.15) is 5.10 Å². The van der Waals surface area contributed by atoms with Gasteiger partial charge in [0.15, 0.2) is 0 Å². The van der Waals surface area contributed by atoms with E-state index >= 15 is 0 Å². The normalized spacial score (nSPS) is 13.9. The highest BCUT2D eigenvalue weighted by atomic mass is 16.5. The molecule has 0 unspecified atom stereocenters. The fourth-order valence-electron chi connectivity index (χ4n) is 3.42. The van der Waals surface area contributed by atoms with Crippen LogP contribution in [0.2, 0.25) is 0 Å². The molecule has 32 heavy (non-hydrogen) atoms. The van der Waals surface area contributed by atoms with Crippen LogP contribution < -0.4 is 0 Å². The molecule has 0 atom stereocenters. The lowest BCUT2D eigenvalue weighted by molar-refractivity contribution is 0.321. The van der Waals surface area contributed by atoms with Crippen LogP contribution in [0.3, 0.4) is 0 Å². The van der Waals surface area contributed by atoms with Gasteiger partial charge < -0.3 is 9.47 Å². The highest BCUT2D eigenvalue weighted by Crippen LogP contribution is 2.27. The first-order valence-corrected chi connectivity index (χ1v) is 11.1. The summed E-state index contributed by atoms with van der Waals surface area (Å²) in [5.74, 6) is 1.20. The van der Waals surface area contributed by atoms with Crippen LogP contribution in [0.4, 0.5) is 0 Å².